The Kier molecular flexibility index (Phi) is 6.59. The third-order valence-electron chi connectivity index (χ3n) is 2.45. The van der Waals surface area contributed by atoms with Crippen molar-refractivity contribution >= 4 is 46.7 Å². The van der Waals surface area contributed by atoms with Crippen molar-refractivity contribution in [3.63, 3.8) is 0 Å². The monoisotopic (exact) mass is 337 g/mol. The number of benzene rings is 1. The lowest BCUT2D eigenvalue weighted by atomic mass is 10.0. The van der Waals surface area contributed by atoms with Gasteiger partial charge >= 0.3 is 6.09 Å². The number of nitrogens with one attached hydrogen (secondary N) is 1. The van der Waals surface area contributed by atoms with Gasteiger partial charge in [-0.1, -0.05) is 65.1 Å². The number of alkyl carbamates (subject to hydrolysis) is 1. The molecule has 0 aliphatic carbocycles. The number of alkyl halides is 3. The Morgan fingerprint density at radius 2 is 1.85 bits per heavy atom. The minimum absolute atomic E-state index is 0.186. The van der Waals surface area contributed by atoms with E-state index in [0.717, 1.165) is 5.56 Å². The first-order chi connectivity index (χ1) is 9.34. The van der Waals surface area contributed by atoms with E-state index in [9.17, 15) is 9.59 Å². The van der Waals surface area contributed by atoms with E-state index < -0.39 is 21.7 Å². The van der Waals surface area contributed by atoms with E-state index in [-0.39, 0.29) is 13.0 Å². The highest BCUT2D eigenvalue weighted by Crippen LogP contribution is 2.29. The molecule has 0 radical (unpaired) electrons. The minimum atomic E-state index is -2.10. The fourth-order valence-electron chi connectivity index (χ4n) is 1.57. The number of ketones is 1. The summed E-state index contributed by atoms with van der Waals surface area (Å²) in [6, 6.07) is 8.13. The second-order valence-electron chi connectivity index (χ2n) is 3.97. The highest BCUT2D eigenvalue weighted by atomic mass is 35.6. The maximum atomic E-state index is 12.0. The third-order valence-corrected chi connectivity index (χ3v) is 3.00. The van der Waals surface area contributed by atoms with Gasteiger partial charge < -0.3 is 10.1 Å². The lowest BCUT2D eigenvalue weighted by Gasteiger charge is -2.21. The van der Waals surface area contributed by atoms with Crippen LogP contribution in [-0.4, -0.2) is 28.3 Å². The van der Waals surface area contributed by atoms with Gasteiger partial charge in [0.05, 0.1) is 12.6 Å². The van der Waals surface area contributed by atoms with Gasteiger partial charge in [0.1, 0.15) is 0 Å². The average Bonchev–Trinajstić information content (AvgIpc) is 2.37. The largest absolute Gasteiger partial charge is 0.450 e. The van der Waals surface area contributed by atoms with E-state index in [2.05, 4.69) is 5.32 Å². The van der Waals surface area contributed by atoms with Crippen LogP contribution < -0.4 is 5.32 Å². The van der Waals surface area contributed by atoms with E-state index in [4.69, 9.17) is 39.5 Å². The number of rotatable bonds is 5. The second-order valence-corrected chi connectivity index (χ2v) is 6.25. The van der Waals surface area contributed by atoms with Crippen LogP contribution in [0.5, 0.6) is 0 Å². The highest BCUT2D eigenvalue weighted by molar-refractivity contribution is 6.76. The predicted octanol–water partition coefficient (Wildman–Crippen LogP) is 3.28. The lowest BCUT2D eigenvalue weighted by Crippen LogP contribution is -2.47. The normalized spacial score (nSPS) is 12.6. The Bertz CT molecular complexity index is 460. The van der Waals surface area contributed by atoms with E-state index in [1.807, 2.05) is 30.3 Å². The first-order valence-electron chi connectivity index (χ1n) is 5.92. The summed E-state index contributed by atoms with van der Waals surface area (Å²) in [5.41, 5.74) is 0.830. The number of halogens is 3. The van der Waals surface area contributed by atoms with Gasteiger partial charge in [0.2, 0.25) is 5.78 Å². The summed E-state index contributed by atoms with van der Waals surface area (Å²) >= 11 is 16.8. The molecule has 0 aromatic heterocycles. The fourth-order valence-corrected chi connectivity index (χ4v) is 1.97. The van der Waals surface area contributed by atoms with Crippen molar-refractivity contribution in [3.8, 4) is 0 Å². The van der Waals surface area contributed by atoms with Crippen molar-refractivity contribution < 1.29 is 14.3 Å². The average molecular weight is 339 g/mol. The standard InChI is InChI=1S/C13H14Cl3NO3/c1-2-20-12(19)17-10(11(18)13(14,15)16)8-9-6-4-3-5-7-9/h3-7,10H,2,8H2,1H3,(H,17,19). The minimum Gasteiger partial charge on any atom is -0.450 e. The van der Waals surface area contributed by atoms with Gasteiger partial charge in [-0.3, -0.25) is 4.79 Å². The van der Waals surface area contributed by atoms with Crippen LogP contribution in [0.3, 0.4) is 0 Å². The first kappa shape index (κ1) is 17.1. The van der Waals surface area contributed by atoms with Gasteiger partial charge in [0.25, 0.3) is 3.79 Å². The van der Waals surface area contributed by atoms with Crippen LogP contribution in [0.15, 0.2) is 30.3 Å². The molecule has 0 aliphatic rings. The van der Waals surface area contributed by atoms with Gasteiger partial charge in [-0.2, -0.15) is 0 Å². The zero-order valence-electron chi connectivity index (χ0n) is 10.7. The molecule has 1 aromatic rings. The Balaban J connectivity index is 2.84. The van der Waals surface area contributed by atoms with Crippen LogP contribution in [0.1, 0.15) is 12.5 Å². The van der Waals surface area contributed by atoms with E-state index in [0.29, 0.717) is 0 Å². The Hall–Kier alpha value is -0.970. The van der Waals surface area contributed by atoms with Gasteiger partial charge in [-0.25, -0.2) is 4.79 Å². The topological polar surface area (TPSA) is 55.4 Å². The molecule has 0 saturated heterocycles. The van der Waals surface area contributed by atoms with Gasteiger partial charge in [0, 0.05) is 6.42 Å². The SMILES string of the molecule is CCOC(=O)NC(Cc1ccccc1)C(=O)C(Cl)(Cl)Cl. The van der Waals surface area contributed by atoms with Crippen LogP contribution in [-0.2, 0) is 16.0 Å². The number of Topliss-reactive ketones (excluding diaryl/α,β-unsaturated/α-hetero) is 1. The van der Waals surface area contributed by atoms with Crippen LogP contribution in [0.2, 0.25) is 0 Å². The number of hydrogen-bond acceptors (Lipinski definition) is 3. The molecule has 7 heteroatoms. The second kappa shape index (κ2) is 7.72. The molecule has 110 valence electrons. The van der Waals surface area contributed by atoms with Crippen LogP contribution in [0.25, 0.3) is 0 Å². The summed E-state index contributed by atoms with van der Waals surface area (Å²) < 4.78 is 2.64. The number of amides is 1. The molecule has 0 saturated carbocycles. The van der Waals surface area contributed by atoms with Crippen molar-refractivity contribution in [2.45, 2.75) is 23.2 Å². The highest BCUT2D eigenvalue weighted by Gasteiger charge is 2.37. The molecule has 0 bridgehead atoms. The molecule has 0 aliphatic heterocycles. The lowest BCUT2D eigenvalue weighted by molar-refractivity contribution is -0.120. The van der Waals surface area contributed by atoms with Crippen LogP contribution in [0, 0.1) is 0 Å². The molecule has 1 aromatic carbocycles. The molecule has 1 N–H and O–H groups in total. The van der Waals surface area contributed by atoms with Gasteiger partial charge in [-0.05, 0) is 12.5 Å². The summed E-state index contributed by atoms with van der Waals surface area (Å²) in [4.78, 5) is 23.5. The Morgan fingerprint density at radius 3 is 2.35 bits per heavy atom. The zero-order chi connectivity index (χ0) is 15.2. The predicted molar refractivity (Wildman–Crippen MR) is 79.4 cm³/mol. The Morgan fingerprint density at radius 1 is 1.25 bits per heavy atom. The summed E-state index contributed by atoms with van der Waals surface area (Å²) in [5, 5.41) is 2.41. The molecule has 1 atom stereocenters. The van der Waals surface area contributed by atoms with Crippen LogP contribution >= 0.6 is 34.8 Å². The molecular weight excluding hydrogens is 325 g/mol. The maximum Gasteiger partial charge on any atom is 0.407 e. The zero-order valence-corrected chi connectivity index (χ0v) is 13.0. The molecule has 0 fully saturated rings. The fraction of sp³-hybridized carbons (Fsp3) is 0.385. The summed E-state index contributed by atoms with van der Waals surface area (Å²) in [5.74, 6) is -0.709. The number of ether oxygens (including phenoxy) is 1. The van der Waals surface area contributed by atoms with Crippen molar-refractivity contribution in [2.75, 3.05) is 6.61 Å². The van der Waals surface area contributed by atoms with Crippen molar-refractivity contribution in [1.82, 2.24) is 5.32 Å². The summed E-state index contributed by atoms with van der Waals surface area (Å²) in [7, 11) is 0. The van der Waals surface area contributed by atoms with Crippen molar-refractivity contribution in [3.05, 3.63) is 35.9 Å². The summed E-state index contributed by atoms with van der Waals surface area (Å²) in [6.45, 7) is 1.84. The van der Waals surface area contributed by atoms with Crippen molar-refractivity contribution in [2.24, 2.45) is 0 Å². The number of hydrogen-bond donors (Lipinski definition) is 1. The Labute approximate surface area is 132 Å². The van der Waals surface area contributed by atoms with E-state index in [1.54, 1.807) is 6.92 Å². The van der Waals surface area contributed by atoms with Crippen LogP contribution in [0.4, 0.5) is 4.79 Å². The molecule has 0 heterocycles. The number of carbonyl (C=O) groups is 2. The molecule has 0 spiro atoms. The quantitative estimate of drug-likeness (QED) is 0.838. The molecule has 1 unspecified atom stereocenters. The number of carbonyl (C=O) groups excluding carboxylic acids is 2. The molecule has 20 heavy (non-hydrogen) atoms. The summed E-state index contributed by atoms with van der Waals surface area (Å²) in [6.07, 6.45) is -0.511. The van der Waals surface area contributed by atoms with E-state index in [1.165, 1.54) is 0 Å². The van der Waals surface area contributed by atoms with E-state index >= 15 is 0 Å². The smallest absolute Gasteiger partial charge is 0.407 e. The van der Waals surface area contributed by atoms with Crippen molar-refractivity contribution in [1.29, 1.82) is 0 Å². The van der Waals surface area contributed by atoms with Gasteiger partial charge in [-0.15, -0.1) is 0 Å². The molecule has 4 nitrogen and oxygen atoms in total. The van der Waals surface area contributed by atoms with Gasteiger partial charge in [0.15, 0.2) is 0 Å². The first-order valence-corrected chi connectivity index (χ1v) is 7.06. The molecule has 1 rings (SSSR count). The molecule has 1 amide bonds. The third kappa shape index (κ3) is 5.57. The maximum absolute atomic E-state index is 12.0. The molecular formula is C13H14Cl3NO3.